The second-order valence-corrected chi connectivity index (χ2v) is 5.49. The molecule has 0 aliphatic heterocycles. The Bertz CT molecular complexity index is 676. The minimum atomic E-state index is -1.02. The molecule has 2 aromatic rings. The first-order valence-corrected chi connectivity index (χ1v) is 7.19. The lowest BCUT2D eigenvalue weighted by molar-refractivity contribution is -0.139. The fourth-order valence-electron chi connectivity index (χ4n) is 2.26. The molecule has 22 heavy (non-hydrogen) atoms. The monoisotopic (exact) mass is 300 g/mol. The van der Waals surface area contributed by atoms with Crippen LogP contribution in [-0.2, 0) is 4.79 Å². The predicted octanol–water partition coefficient (Wildman–Crippen LogP) is 2.32. The molecule has 1 fully saturated rings. The zero-order valence-electron chi connectivity index (χ0n) is 11.9. The van der Waals surface area contributed by atoms with Crippen LogP contribution >= 0.6 is 0 Å². The van der Waals surface area contributed by atoms with Gasteiger partial charge in [0.1, 0.15) is 11.7 Å². The summed E-state index contributed by atoms with van der Waals surface area (Å²) in [5, 5.41) is 15.5. The molecular formula is C16H16N2O4. The minimum Gasteiger partial charge on any atom is -0.480 e. The van der Waals surface area contributed by atoms with Crippen LogP contribution in [0.4, 0.5) is 0 Å². The van der Waals surface area contributed by atoms with E-state index in [2.05, 4.69) is 10.5 Å². The Labute approximate surface area is 127 Å². The number of hydrogen-bond acceptors (Lipinski definition) is 4. The molecular weight excluding hydrogens is 284 g/mol. The molecule has 1 atom stereocenters. The van der Waals surface area contributed by atoms with Gasteiger partial charge in [0.2, 0.25) is 5.76 Å². The second-order valence-electron chi connectivity index (χ2n) is 5.49. The SMILES string of the molecule is O=C(NC(CC1CC1)C(=O)O)c1cc(-c2ccccc2)no1. The Morgan fingerprint density at radius 3 is 2.68 bits per heavy atom. The van der Waals surface area contributed by atoms with Gasteiger partial charge in [-0.25, -0.2) is 4.79 Å². The highest BCUT2D eigenvalue weighted by Gasteiger charge is 2.31. The van der Waals surface area contributed by atoms with Gasteiger partial charge in [-0.3, -0.25) is 4.79 Å². The summed E-state index contributed by atoms with van der Waals surface area (Å²) >= 11 is 0. The molecule has 1 aliphatic rings. The Morgan fingerprint density at radius 1 is 1.32 bits per heavy atom. The number of nitrogens with one attached hydrogen (secondary N) is 1. The third kappa shape index (κ3) is 3.33. The summed E-state index contributed by atoms with van der Waals surface area (Å²) in [5.74, 6) is -1.16. The molecule has 6 nitrogen and oxygen atoms in total. The Kier molecular flexibility index (Phi) is 3.91. The van der Waals surface area contributed by atoms with E-state index in [1.807, 2.05) is 30.3 Å². The zero-order chi connectivity index (χ0) is 15.5. The van der Waals surface area contributed by atoms with Crippen LogP contribution in [0.5, 0.6) is 0 Å². The molecule has 1 saturated carbocycles. The van der Waals surface area contributed by atoms with Crippen LogP contribution < -0.4 is 5.32 Å². The molecule has 1 unspecified atom stereocenters. The van der Waals surface area contributed by atoms with Crippen molar-refractivity contribution in [2.24, 2.45) is 5.92 Å². The van der Waals surface area contributed by atoms with Crippen LogP contribution in [0.1, 0.15) is 29.8 Å². The summed E-state index contributed by atoms with van der Waals surface area (Å²) in [6.07, 6.45) is 2.51. The number of aromatic nitrogens is 1. The van der Waals surface area contributed by atoms with Crippen molar-refractivity contribution in [1.29, 1.82) is 0 Å². The van der Waals surface area contributed by atoms with Gasteiger partial charge in [-0.2, -0.15) is 0 Å². The summed E-state index contributed by atoms with van der Waals surface area (Å²) in [5.41, 5.74) is 1.37. The number of carbonyl (C=O) groups excluding carboxylic acids is 1. The van der Waals surface area contributed by atoms with E-state index in [1.165, 1.54) is 6.07 Å². The molecule has 1 aliphatic carbocycles. The molecule has 0 radical (unpaired) electrons. The highest BCUT2D eigenvalue weighted by atomic mass is 16.5. The van der Waals surface area contributed by atoms with Crippen LogP contribution in [0.15, 0.2) is 40.9 Å². The molecule has 0 bridgehead atoms. The Balaban J connectivity index is 1.69. The number of rotatable bonds is 6. The Morgan fingerprint density at radius 2 is 2.05 bits per heavy atom. The normalized spacial score (nSPS) is 15.3. The quantitative estimate of drug-likeness (QED) is 0.854. The summed E-state index contributed by atoms with van der Waals surface area (Å²) in [7, 11) is 0. The zero-order valence-corrected chi connectivity index (χ0v) is 11.9. The van der Waals surface area contributed by atoms with Crippen LogP contribution in [-0.4, -0.2) is 28.2 Å². The number of carboxylic acids is 1. The van der Waals surface area contributed by atoms with Crippen LogP contribution in [0.25, 0.3) is 11.3 Å². The maximum absolute atomic E-state index is 12.1. The number of aliphatic carboxylic acids is 1. The Hall–Kier alpha value is -2.63. The first-order valence-electron chi connectivity index (χ1n) is 7.19. The van der Waals surface area contributed by atoms with Gasteiger partial charge in [-0.15, -0.1) is 0 Å². The van der Waals surface area contributed by atoms with E-state index in [4.69, 9.17) is 9.63 Å². The van der Waals surface area contributed by atoms with Gasteiger partial charge < -0.3 is 14.9 Å². The molecule has 1 aromatic heterocycles. The van der Waals surface area contributed by atoms with Crippen LogP contribution in [0.3, 0.4) is 0 Å². The number of amides is 1. The van der Waals surface area contributed by atoms with E-state index in [-0.39, 0.29) is 5.76 Å². The van der Waals surface area contributed by atoms with E-state index < -0.39 is 17.9 Å². The lowest BCUT2D eigenvalue weighted by Gasteiger charge is -2.12. The van der Waals surface area contributed by atoms with Crippen molar-refractivity contribution in [3.63, 3.8) is 0 Å². The summed E-state index contributed by atoms with van der Waals surface area (Å²) in [6.45, 7) is 0. The van der Waals surface area contributed by atoms with Gasteiger partial charge in [0, 0.05) is 11.6 Å². The van der Waals surface area contributed by atoms with E-state index in [0.29, 0.717) is 18.0 Å². The first kappa shape index (κ1) is 14.3. The maximum atomic E-state index is 12.1. The third-order valence-corrected chi connectivity index (χ3v) is 3.67. The van der Waals surface area contributed by atoms with E-state index >= 15 is 0 Å². The van der Waals surface area contributed by atoms with Crippen molar-refractivity contribution in [2.45, 2.75) is 25.3 Å². The van der Waals surface area contributed by atoms with Gasteiger partial charge in [-0.05, 0) is 12.3 Å². The molecule has 114 valence electrons. The molecule has 6 heteroatoms. The van der Waals surface area contributed by atoms with E-state index in [0.717, 1.165) is 18.4 Å². The number of nitrogens with zero attached hydrogens (tertiary/aromatic N) is 1. The minimum absolute atomic E-state index is 0.0147. The first-order chi connectivity index (χ1) is 10.6. The van der Waals surface area contributed by atoms with E-state index in [9.17, 15) is 9.59 Å². The summed E-state index contributed by atoms with van der Waals surface area (Å²) in [6, 6.07) is 9.94. The molecule has 1 amide bonds. The molecule has 2 N–H and O–H groups in total. The summed E-state index contributed by atoms with van der Waals surface area (Å²) < 4.78 is 5.03. The van der Waals surface area contributed by atoms with Gasteiger partial charge in [-0.1, -0.05) is 48.3 Å². The molecule has 0 spiro atoms. The maximum Gasteiger partial charge on any atom is 0.326 e. The average molecular weight is 300 g/mol. The largest absolute Gasteiger partial charge is 0.480 e. The van der Waals surface area contributed by atoms with Crippen molar-refractivity contribution in [2.75, 3.05) is 0 Å². The topological polar surface area (TPSA) is 92.4 Å². The molecule has 0 saturated heterocycles. The average Bonchev–Trinajstić information content (AvgIpc) is 3.20. The number of carboxylic acid groups (broad SMARTS) is 1. The van der Waals surface area contributed by atoms with Gasteiger partial charge in [0.25, 0.3) is 5.91 Å². The van der Waals surface area contributed by atoms with Crippen molar-refractivity contribution < 1.29 is 19.2 Å². The van der Waals surface area contributed by atoms with Gasteiger partial charge in [0.15, 0.2) is 0 Å². The van der Waals surface area contributed by atoms with Gasteiger partial charge in [0.05, 0.1) is 0 Å². The van der Waals surface area contributed by atoms with Crippen molar-refractivity contribution in [3.8, 4) is 11.3 Å². The van der Waals surface area contributed by atoms with Crippen LogP contribution in [0, 0.1) is 5.92 Å². The lowest BCUT2D eigenvalue weighted by Crippen LogP contribution is -2.41. The van der Waals surface area contributed by atoms with Crippen LogP contribution in [0.2, 0.25) is 0 Å². The number of carbonyl (C=O) groups is 2. The van der Waals surface area contributed by atoms with Crippen molar-refractivity contribution >= 4 is 11.9 Å². The third-order valence-electron chi connectivity index (χ3n) is 3.67. The second kappa shape index (κ2) is 6.01. The standard InChI is InChI=1S/C16H16N2O4/c19-15(17-13(16(20)21)8-10-6-7-10)14-9-12(18-22-14)11-4-2-1-3-5-11/h1-5,9-10,13H,6-8H2,(H,17,19)(H,20,21). The van der Waals surface area contributed by atoms with Crippen molar-refractivity contribution in [3.05, 3.63) is 42.2 Å². The van der Waals surface area contributed by atoms with Gasteiger partial charge >= 0.3 is 5.97 Å². The molecule has 1 aromatic carbocycles. The highest BCUT2D eigenvalue weighted by Crippen LogP contribution is 2.33. The lowest BCUT2D eigenvalue weighted by atomic mass is 10.1. The fraction of sp³-hybridized carbons (Fsp3) is 0.312. The van der Waals surface area contributed by atoms with Crippen molar-refractivity contribution in [1.82, 2.24) is 10.5 Å². The fourth-order valence-corrected chi connectivity index (χ4v) is 2.26. The number of hydrogen-bond donors (Lipinski definition) is 2. The molecule has 1 heterocycles. The highest BCUT2D eigenvalue weighted by molar-refractivity contribution is 5.95. The summed E-state index contributed by atoms with van der Waals surface area (Å²) in [4.78, 5) is 23.3. The molecule has 3 rings (SSSR count). The predicted molar refractivity (Wildman–Crippen MR) is 78.2 cm³/mol. The number of benzene rings is 1. The smallest absolute Gasteiger partial charge is 0.326 e. The van der Waals surface area contributed by atoms with E-state index in [1.54, 1.807) is 0 Å².